The van der Waals surface area contributed by atoms with E-state index in [1.165, 1.54) is 12.1 Å². The van der Waals surface area contributed by atoms with Crippen molar-refractivity contribution >= 4 is 44.8 Å². The molecule has 0 heterocycles. The number of nitrogens with one attached hydrogen (secondary N) is 1. The molecule has 2 aromatic rings. The van der Waals surface area contributed by atoms with Crippen molar-refractivity contribution in [3.8, 4) is 0 Å². The van der Waals surface area contributed by atoms with Crippen LogP contribution in [0.2, 0.25) is 10.0 Å². The molecule has 0 aromatic heterocycles. The van der Waals surface area contributed by atoms with Crippen LogP contribution in [-0.2, 0) is 21.2 Å². The Kier molecular flexibility index (Phi) is 6.70. The molecule has 0 fully saturated rings. The predicted molar refractivity (Wildman–Crippen MR) is 102 cm³/mol. The zero-order valence-electron chi connectivity index (χ0n) is 13.6. The molecule has 0 saturated heterocycles. The van der Waals surface area contributed by atoms with Gasteiger partial charge in [0.15, 0.2) is 0 Å². The molecule has 8 heteroatoms. The number of halogens is 2. The first-order valence-electron chi connectivity index (χ1n) is 7.51. The van der Waals surface area contributed by atoms with Gasteiger partial charge in [0.05, 0.1) is 17.0 Å². The zero-order chi connectivity index (χ0) is 18.4. The van der Waals surface area contributed by atoms with Crippen LogP contribution in [0.25, 0.3) is 0 Å². The summed E-state index contributed by atoms with van der Waals surface area (Å²) in [6.07, 6.45) is 1.67. The molecule has 25 heavy (non-hydrogen) atoms. The van der Waals surface area contributed by atoms with Gasteiger partial charge in [0.2, 0.25) is 15.9 Å². The second kappa shape index (κ2) is 8.56. The summed E-state index contributed by atoms with van der Waals surface area (Å²) < 4.78 is 25.1. The molecular formula is C17H18Cl2N2O3S. The second-order valence-corrected chi connectivity index (χ2v) is 8.20. The van der Waals surface area contributed by atoms with E-state index in [9.17, 15) is 13.2 Å². The Labute approximate surface area is 157 Å². The summed E-state index contributed by atoms with van der Waals surface area (Å²) in [5, 5.41) is 3.25. The van der Waals surface area contributed by atoms with Crippen molar-refractivity contribution in [2.45, 2.75) is 6.42 Å². The van der Waals surface area contributed by atoms with Crippen LogP contribution >= 0.6 is 23.2 Å². The number of nitrogens with zero attached hydrogens (tertiary/aromatic N) is 1. The molecule has 0 spiro atoms. The number of hydrogen-bond donors (Lipinski definition) is 1. The van der Waals surface area contributed by atoms with Crippen LogP contribution in [0, 0.1) is 0 Å². The van der Waals surface area contributed by atoms with E-state index in [1.54, 1.807) is 6.07 Å². The van der Waals surface area contributed by atoms with Crippen LogP contribution in [0.15, 0.2) is 48.5 Å². The van der Waals surface area contributed by atoms with E-state index in [2.05, 4.69) is 5.32 Å². The highest BCUT2D eigenvalue weighted by atomic mass is 35.5. The minimum absolute atomic E-state index is 0.176. The molecule has 0 saturated carbocycles. The van der Waals surface area contributed by atoms with Crippen LogP contribution < -0.4 is 9.62 Å². The fraction of sp³-hybridized carbons (Fsp3) is 0.235. The molecule has 0 aliphatic carbocycles. The molecule has 0 aliphatic heterocycles. The maximum atomic E-state index is 12.2. The number of carbonyl (C=O) groups is 1. The van der Waals surface area contributed by atoms with Crippen LogP contribution in [-0.4, -0.2) is 33.7 Å². The third kappa shape index (κ3) is 5.92. The first kappa shape index (κ1) is 19.6. The number of anilines is 1. The highest BCUT2D eigenvalue weighted by molar-refractivity contribution is 7.92. The summed E-state index contributed by atoms with van der Waals surface area (Å²) in [5.74, 6) is -0.419. The first-order valence-corrected chi connectivity index (χ1v) is 10.1. The van der Waals surface area contributed by atoms with Crippen molar-refractivity contribution in [3.05, 3.63) is 64.1 Å². The highest BCUT2D eigenvalue weighted by Crippen LogP contribution is 2.30. The molecule has 134 valence electrons. The first-order chi connectivity index (χ1) is 11.8. The average Bonchev–Trinajstić information content (AvgIpc) is 2.55. The molecule has 0 atom stereocenters. The Bertz CT molecular complexity index is 842. The second-order valence-electron chi connectivity index (χ2n) is 5.45. The van der Waals surface area contributed by atoms with E-state index in [0.29, 0.717) is 18.0 Å². The molecule has 0 radical (unpaired) electrons. The number of benzene rings is 2. The predicted octanol–water partition coefficient (Wildman–Crippen LogP) is 3.12. The standard InChI is InChI=1S/C17H18Cl2N2O3S/c1-25(23,24)21(16-11-14(18)7-8-15(16)19)12-17(22)20-10-9-13-5-3-2-4-6-13/h2-8,11H,9-10,12H2,1H3,(H,20,22). The van der Waals surface area contributed by atoms with E-state index in [1.807, 2.05) is 30.3 Å². The largest absolute Gasteiger partial charge is 0.354 e. The monoisotopic (exact) mass is 400 g/mol. The Morgan fingerprint density at radius 3 is 2.44 bits per heavy atom. The molecule has 0 unspecified atom stereocenters. The van der Waals surface area contributed by atoms with Gasteiger partial charge in [-0.2, -0.15) is 0 Å². The minimum atomic E-state index is -3.70. The van der Waals surface area contributed by atoms with Gasteiger partial charge in [-0.3, -0.25) is 9.10 Å². The topological polar surface area (TPSA) is 66.5 Å². The highest BCUT2D eigenvalue weighted by Gasteiger charge is 2.23. The van der Waals surface area contributed by atoms with E-state index in [4.69, 9.17) is 23.2 Å². The van der Waals surface area contributed by atoms with Gasteiger partial charge in [0, 0.05) is 11.6 Å². The van der Waals surface area contributed by atoms with E-state index < -0.39 is 15.9 Å². The third-order valence-electron chi connectivity index (χ3n) is 3.44. The molecule has 0 bridgehead atoms. The van der Waals surface area contributed by atoms with Crippen molar-refractivity contribution < 1.29 is 13.2 Å². The molecular weight excluding hydrogens is 383 g/mol. The quantitative estimate of drug-likeness (QED) is 0.775. The minimum Gasteiger partial charge on any atom is -0.354 e. The SMILES string of the molecule is CS(=O)(=O)N(CC(=O)NCCc1ccccc1)c1cc(Cl)ccc1Cl. The molecule has 2 rings (SSSR count). The molecule has 5 nitrogen and oxygen atoms in total. The average molecular weight is 401 g/mol. The third-order valence-corrected chi connectivity index (χ3v) is 5.12. The number of amides is 1. The summed E-state index contributed by atoms with van der Waals surface area (Å²) in [6.45, 7) is 0.0391. The summed E-state index contributed by atoms with van der Waals surface area (Å²) in [5.41, 5.74) is 1.26. The lowest BCUT2D eigenvalue weighted by atomic mass is 10.1. The molecule has 0 aliphatic rings. The van der Waals surface area contributed by atoms with Crippen LogP contribution in [0.5, 0.6) is 0 Å². The van der Waals surface area contributed by atoms with E-state index in [0.717, 1.165) is 16.1 Å². The van der Waals surface area contributed by atoms with Gasteiger partial charge in [-0.1, -0.05) is 53.5 Å². The van der Waals surface area contributed by atoms with Gasteiger partial charge < -0.3 is 5.32 Å². The lowest BCUT2D eigenvalue weighted by Gasteiger charge is -2.23. The smallest absolute Gasteiger partial charge is 0.240 e. The van der Waals surface area contributed by atoms with Crippen molar-refractivity contribution in [1.29, 1.82) is 0 Å². The lowest BCUT2D eigenvalue weighted by molar-refractivity contribution is -0.119. The van der Waals surface area contributed by atoms with Crippen LogP contribution in [0.1, 0.15) is 5.56 Å². The van der Waals surface area contributed by atoms with E-state index in [-0.39, 0.29) is 17.3 Å². The maximum Gasteiger partial charge on any atom is 0.240 e. The van der Waals surface area contributed by atoms with Crippen LogP contribution in [0.4, 0.5) is 5.69 Å². The Morgan fingerprint density at radius 1 is 1.12 bits per heavy atom. The van der Waals surface area contributed by atoms with Gasteiger partial charge in [-0.05, 0) is 30.2 Å². The molecule has 1 N–H and O–H groups in total. The van der Waals surface area contributed by atoms with Crippen molar-refractivity contribution in [2.75, 3.05) is 23.7 Å². The normalized spacial score (nSPS) is 11.2. The summed E-state index contributed by atoms with van der Waals surface area (Å²) >= 11 is 12.0. The Hall–Kier alpha value is -1.76. The molecule has 2 aromatic carbocycles. The number of hydrogen-bond acceptors (Lipinski definition) is 3. The number of sulfonamides is 1. The number of rotatable bonds is 7. The number of carbonyl (C=O) groups excluding carboxylic acids is 1. The van der Waals surface area contributed by atoms with E-state index >= 15 is 0 Å². The summed E-state index contributed by atoms with van der Waals surface area (Å²) in [7, 11) is -3.70. The van der Waals surface area contributed by atoms with Gasteiger partial charge in [-0.15, -0.1) is 0 Å². The maximum absolute atomic E-state index is 12.2. The van der Waals surface area contributed by atoms with Gasteiger partial charge in [0.25, 0.3) is 0 Å². The zero-order valence-corrected chi connectivity index (χ0v) is 15.9. The van der Waals surface area contributed by atoms with Crippen molar-refractivity contribution in [1.82, 2.24) is 5.32 Å². The Morgan fingerprint density at radius 2 is 1.80 bits per heavy atom. The van der Waals surface area contributed by atoms with Crippen molar-refractivity contribution in [3.63, 3.8) is 0 Å². The lowest BCUT2D eigenvalue weighted by Crippen LogP contribution is -2.41. The summed E-state index contributed by atoms with van der Waals surface area (Å²) in [6, 6.07) is 14.1. The Balaban J connectivity index is 2.05. The summed E-state index contributed by atoms with van der Waals surface area (Å²) in [4.78, 5) is 12.2. The van der Waals surface area contributed by atoms with Gasteiger partial charge in [0.1, 0.15) is 6.54 Å². The van der Waals surface area contributed by atoms with Gasteiger partial charge >= 0.3 is 0 Å². The fourth-order valence-electron chi connectivity index (χ4n) is 2.24. The van der Waals surface area contributed by atoms with Crippen LogP contribution in [0.3, 0.4) is 0 Å². The van der Waals surface area contributed by atoms with Gasteiger partial charge in [-0.25, -0.2) is 8.42 Å². The molecule has 1 amide bonds. The fourth-order valence-corrected chi connectivity index (χ4v) is 3.53. The van der Waals surface area contributed by atoms with Crippen molar-refractivity contribution in [2.24, 2.45) is 0 Å².